The molecule has 14 heavy (non-hydrogen) atoms. The van der Waals surface area contributed by atoms with Gasteiger partial charge in [0.25, 0.3) is 0 Å². The quantitative estimate of drug-likeness (QED) is 0.665. The predicted octanol–water partition coefficient (Wildman–Crippen LogP) is 3.24. The number of aromatic nitrogens is 2. The molecule has 1 heterocycles. The van der Waals surface area contributed by atoms with Crippen molar-refractivity contribution in [3.05, 3.63) is 18.0 Å². The molecule has 0 saturated heterocycles. The zero-order chi connectivity index (χ0) is 10.4. The van der Waals surface area contributed by atoms with Crippen molar-refractivity contribution in [2.75, 3.05) is 0 Å². The van der Waals surface area contributed by atoms with Crippen molar-refractivity contribution in [2.45, 2.75) is 51.5 Å². The first-order valence-electron chi connectivity index (χ1n) is 5.41. The van der Waals surface area contributed by atoms with Crippen molar-refractivity contribution in [1.29, 1.82) is 0 Å². The molecule has 0 amide bonds. The molecule has 1 unspecified atom stereocenters. The third-order valence-corrected chi connectivity index (χ3v) is 2.96. The largest absolute Gasteiger partial charge is 0.273 e. The number of hydrogen-bond acceptors (Lipinski definition) is 1. The minimum absolute atomic E-state index is 0.344. The normalized spacial score (nSPS) is 13.1. The van der Waals surface area contributed by atoms with Crippen molar-refractivity contribution >= 4 is 11.6 Å². The summed E-state index contributed by atoms with van der Waals surface area (Å²) in [4.78, 5) is 0. The summed E-state index contributed by atoms with van der Waals surface area (Å²) in [5.74, 6) is 0. The Bertz CT molecular complexity index is 258. The van der Waals surface area contributed by atoms with Crippen molar-refractivity contribution < 1.29 is 0 Å². The van der Waals surface area contributed by atoms with Gasteiger partial charge < -0.3 is 0 Å². The molecule has 0 fully saturated rings. The Labute approximate surface area is 91.3 Å². The molecule has 2 nitrogen and oxygen atoms in total. The first kappa shape index (κ1) is 11.6. The highest BCUT2D eigenvalue weighted by molar-refractivity contribution is 6.20. The van der Waals surface area contributed by atoms with E-state index in [2.05, 4.69) is 25.1 Å². The molecular weight excluding hydrogens is 196 g/mol. The molecule has 0 radical (unpaired) electrons. The first-order valence-corrected chi connectivity index (χ1v) is 5.85. The molecule has 0 aliphatic rings. The number of aryl methyl sites for hydroxylation is 2. The van der Waals surface area contributed by atoms with Crippen LogP contribution in [0.2, 0.25) is 0 Å². The van der Waals surface area contributed by atoms with Crippen LogP contribution in [0.25, 0.3) is 0 Å². The van der Waals surface area contributed by atoms with Crippen LogP contribution >= 0.6 is 11.6 Å². The lowest BCUT2D eigenvalue weighted by Gasteiger charge is -2.04. The predicted molar refractivity (Wildman–Crippen MR) is 60.8 cm³/mol. The van der Waals surface area contributed by atoms with Crippen molar-refractivity contribution in [1.82, 2.24) is 9.78 Å². The Morgan fingerprint density at radius 1 is 1.50 bits per heavy atom. The van der Waals surface area contributed by atoms with Gasteiger partial charge in [0.15, 0.2) is 0 Å². The van der Waals surface area contributed by atoms with E-state index in [0.29, 0.717) is 5.38 Å². The minimum Gasteiger partial charge on any atom is -0.273 e. The molecule has 1 aromatic heterocycles. The zero-order valence-corrected chi connectivity index (χ0v) is 9.80. The zero-order valence-electron chi connectivity index (χ0n) is 9.04. The van der Waals surface area contributed by atoms with Gasteiger partial charge in [-0.05, 0) is 38.2 Å². The second-order valence-electron chi connectivity index (χ2n) is 3.60. The fourth-order valence-electron chi connectivity index (χ4n) is 1.44. The molecule has 0 spiro atoms. The molecule has 0 bridgehead atoms. The van der Waals surface area contributed by atoms with E-state index in [9.17, 15) is 0 Å². The van der Waals surface area contributed by atoms with Crippen LogP contribution in [0, 0.1) is 0 Å². The molecule has 1 atom stereocenters. The van der Waals surface area contributed by atoms with Crippen LogP contribution in [0.5, 0.6) is 0 Å². The van der Waals surface area contributed by atoms with E-state index >= 15 is 0 Å². The van der Waals surface area contributed by atoms with Crippen LogP contribution in [0.3, 0.4) is 0 Å². The second-order valence-corrected chi connectivity index (χ2v) is 4.22. The summed E-state index contributed by atoms with van der Waals surface area (Å²) in [5, 5.41) is 4.58. The third kappa shape index (κ3) is 3.70. The summed E-state index contributed by atoms with van der Waals surface area (Å²) in [6.07, 6.45) is 8.51. The monoisotopic (exact) mass is 214 g/mol. The van der Waals surface area contributed by atoms with Gasteiger partial charge >= 0.3 is 0 Å². The van der Waals surface area contributed by atoms with Crippen molar-refractivity contribution in [3.63, 3.8) is 0 Å². The Kier molecular flexibility index (Phi) is 5.02. The van der Waals surface area contributed by atoms with Crippen LogP contribution in [-0.2, 0) is 13.0 Å². The lowest BCUT2D eigenvalue weighted by Crippen LogP contribution is -1.96. The smallest absolute Gasteiger partial charge is 0.0521 e. The molecule has 0 saturated carbocycles. The Morgan fingerprint density at radius 3 is 2.86 bits per heavy atom. The first-order chi connectivity index (χ1) is 6.76. The van der Waals surface area contributed by atoms with E-state index in [0.717, 1.165) is 32.2 Å². The number of nitrogens with zero attached hydrogens (tertiary/aromatic N) is 2. The Hall–Kier alpha value is -0.500. The molecule has 3 heteroatoms. The Morgan fingerprint density at radius 2 is 2.29 bits per heavy atom. The Balaban J connectivity index is 2.24. The van der Waals surface area contributed by atoms with Gasteiger partial charge in [-0.1, -0.05) is 6.92 Å². The molecule has 0 aliphatic carbocycles. The van der Waals surface area contributed by atoms with E-state index in [-0.39, 0.29) is 0 Å². The van der Waals surface area contributed by atoms with Crippen LogP contribution in [0.15, 0.2) is 12.4 Å². The summed E-state index contributed by atoms with van der Waals surface area (Å²) >= 11 is 6.04. The highest BCUT2D eigenvalue weighted by Gasteiger charge is 2.02. The molecule has 0 aliphatic heterocycles. The second kappa shape index (κ2) is 6.07. The standard InChI is InChI=1S/C11H19ClN2/c1-3-11(12)7-5-6-10-8-13-14(4-2)9-10/h8-9,11H,3-7H2,1-2H3. The van der Waals surface area contributed by atoms with Gasteiger partial charge in [-0.3, -0.25) is 4.68 Å². The van der Waals surface area contributed by atoms with Crippen molar-refractivity contribution in [2.24, 2.45) is 0 Å². The molecule has 1 rings (SSSR count). The summed E-state index contributed by atoms with van der Waals surface area (Å²) < 4.78 is 1.97. The number of alkyl halides is 1. The van der Waals surface area contributed by atoms with Gasteiger partial charge in [-0.2, -0.15) is 5.10 Å². The maximum Gasteiger partial charge on any atom is 0.0521 e. The van der Waals surface area contributed by atoms with Crippen molar-refractivity contribution in [3.8, 4) is 0 Å². The molecular formula is C11H19ClN2. The number of halogens is 1. The molecule has 0 N–H and O–H groups in total. The van der Waals surface area contributed by atoms with Crippen LogP contribution in [0.1, 0.15) is 38.7 Å². The lowest BCUT2D eigenvalue weighted by atomic mass is 10.1. The van der Waals surface area contributed by atoms with E-state index < -0.39 is 0 Å². The lowest BCUT2D eigenvalue weighted by molar-refractivity contribution is 0.655. The number of hydrogen-bond donors (Lipinski definition) is 0. The summed E-state index contributed by atoms with van der Waals surface area (Å²) in [7, 11) is 0. The van der Waals surface area contributed by atoms with Gasteiger partial charge in [0, 0.05) is 18.1 Å². The fourth-order valence-corrected chi connectivity index (χ4v) is 1.59. The third-order valence-electron chi connectivity index (χ3n) is 2.44. The topological polar surface area (TPSA) is 17.8 Å². The van der Waals surface area contributed by atoms with Gasteiger partial charge in [0.1, 0.15) is 0 Å². The van der Waals surface area contributed by atoms with Crippen LogP contribution in [-0.4, -0.2) is 15.2 Å². The molecule has 0 aromatic carbocycles. The van der Waals surface area contributed by atoms with Gasteiger partial charge in [-0.15, -0.1) is 11.6 Å². The highest BCUT2D eigenvalue weighted by Crippen LogP contribution is 2.12. The maximum absolute atomic E-state index is 6.04. The average Bonchev–Trinajstić information content (AvgIpc) is 2.65. The summed E-state index contributed by atoms with van der Waals surface area (Å²) in [6, 6.07) is 0. The van der Waals surface area contributed by atoms with E-state index in [1.54, 1.807) is 0 Å². The van der Waals surface area contributed by atoms with E-state index in [1.807, 2.05) is 10.9 Å². The van der Waals surface area contributed by atoms with Crippen LogP contribution < -0.4 is 0 Å². The highest BCUT2D eigenvalue weighted by atomic mass is 35.5. The maximum atomic E-state index is 6.04. The fraction of sp³-hybridized carbons (Fsp3) is 0.727. The van der Waals surface area contributed by atoms with E-state index in [1.165, 1.54) is 5.56 Å². The van der Waals surface area contributed by atoms with E-state index in [4.69, 9.17) is 11.6 Å². The van der Waals surface area contributed by atoms with Gasteiger partial charge in [-0.25, -0.2) is 0 Å². The molecule has 80 valence electrons. The number of rotatable bonds is 6. The van der Waals surface area contributed by atoms with Gasteiger partial charge in [0.05, 0.1) is 6.20 Å². The summed E-state index contributed by atoms with van der Waals surface area (Å²) in [6.45, 7) is 5.18. The summed E-state index contributed by atoms with van der Waals surface area (Å²) in [5.41, 5.74) is 1.33. The van der Waals surface area contributed by atoms with Crippen LogP contribution in [0.4, 0.5) is 0 Å². The minimum atomic E-state index is 0.344. The SMILES string of the molecule is CCC(Cl)CCCc1cnn(CC)c1. The van der Waals surface area contributed by atoms with Gasteiger partial charge in [0.2, 0.25) is 0 Å². The molecule has 1 aromatic rings. The average molecular weight is 215 g/mol.